The minimum atomic E-state index is -0.241. The maximum Gasteiger partial charge on any atom is 0.206 e. The van der Waals surface area contributed by atoms with Crippen LogP contribution in [-0.4, -0.2) is 22.5 Å². The SMILES string of the molecule is O=C(CNc1nnc(SCc2ccc(F)cc2)s1)c1ccccc1. The zero-order chi connectivity index (χ0) is 16.8. The lowest BCUT2D eigenvalue weighted by atomic mass is 10.1. The van der Waals surface area contributed by atoms with Gasteiger partial charge in [-0.1, -0.05) is 65.6 Å². The number of ketones is 1. The van der Waals surface area contributed by atoms with Crippen LogP contribution < -0.4 is 5.32 Å². The summed E-state index contributed by atoms with van der Waals surface area (Å²) in [5, 5.41) is 11.7. The van der Waals surface area contributed by atoms with E-state index in [0.29, 0.717) is 16.4 Å². The van der Waals surface area contributed by atoms with Gasteiger partial charge in [0.1, 0.15) is 5.82 Å². The highest BCUT2D eigenvalue weighted by atomic mass is 32.2. The van der Waals surface area contributed by atoms with E-state index in [2.05, 4.69) is 15.5 Å². The van der Waals surface area contributed by atoms with Gasteiger partial charge in [0.25, 0.3) is 0 Å². The number of carbonyl (C=O) groups excluding carboxylic acids is 1. The van der Waals surface area contributed by atoms with E-state index in [1.54, 1.807) is 24.3 Å². The van der Waals surface area contributed by atoms with Crippen molar-refractivity contribution >= 4 is 34.0 Å². The fourth-order valence-corrected chi connectivity index (χ4v) is 3.65. The lowest BCUT2D eigenvalue weighted by Crippen LogP contribution is -2.13. The van der Waals surface area contributed by atoms with Crippen molar-refractivity contribution < 1.29 is 9.18 Å². The summed E-state index contributed by atoms with van der Waals surface area (Å²) in [7, 11) is 0. The van der Waals surface area contributed by atoms with Gasteiger partial charge in [0, 0.05) is 11.3 Å². The molecule has 0 radical (unpaired) electrons. The number of halogens is 1. The van der Waals surface area contributed by atoms with E-state index >= 15 is 0 Å². The van der Waals surface area contributed by atoms with Crippen LogP contribution in [0.4, 0.5) is 9.52 Å². The Labute approximate surface area is 147 Å². The molecule has 0 fully saturated rings. The molecule has 0 spiro atoms. The van der Waals surface area contributed by atoms with Crippen LogP contribution in [0.2, 0.25) is 0 Å². The molecule has 3 rings (SSSR count). The molecule has 3 aromatic rings. The van der Waals surface area contributed by atoms with Gasteiger partial charge in [-0.15, -0.1) is 10.2 Å². The lowest BCUT2D eigenvalue weighted by Gasteiger charge is -2.01. The summed E-state index contributed by atoms with van der Waals surface area (Å²) in [5.41, 5.74) is 1.69. The molecule has 4 nitrogen and oxygen atoms in total. The quantitative estimate of drug-likeness (QED) is 0.504. The molecule has 1 aromatic heterocycles. The Kier molecular flexibility index (Phi) is 5.55. The number of thioether (sulfide) groups is 1. The molecule has 0 unspecified atom stereocenters. The highest BCUT2D eigenvalue weighted by Gasteiger charge is 2.08. The zero-order valence-corrected chi connectivity index (χ0v) is 14.2. The van der Waals surface area contributed by atoms with Crippen molar-refractivity contribution in [3.63, 3.8) is 0 Å². The van der Waals surface area contributed by atoms with E-state index in [9.17, 15) is 9.18 Å². The van der Waals surface area contributed by atoms with Gasteiger partial charge >= 0.3 is 0 Å². The predicted octanol–water partition coefficient (Wildman–Crippen LogP) is 4.26. The standard InChI is InChI=1S/C17H14FN3OS2/c18-14-8-6-12(7-9-14)11-23-17-21-20-16(24-17)19-10-15(22)13-4-2-1-3-5-13/h1-9H,10-11H2,(H,19,20). The number of hydrogen-bond acceptors (Lipinski definition) is 6. The van der Waals surface area contributed by atoms with Gasteiger partial charge in [0.2, 0.25) is 5.13 Å². The summed E-state index contributed by atoms with van der Waals surface area (Å²) in [6.45, 7) is 0.182. The summed E-state index contributed by atoms with van der Waals surface area (Å²) >= 11 is 2.92. The molecule has 0 aliphatic heterocycles. The van der Waals surface area contributed by atoms with Gasteiger partial charge in [-0.25, -0.2) is 4.39 Å². The predicted molar refractivity (Wildman–Crippen MR) is 95.1 cm³/mol. The number of carbonyl (C=O) groups is 1. The van der Waals surface area contributed by atoms with E-state index in [1.807, 2.05) is 18.2 Å². The summed E-state index contributed by atoms with van der Waals surface area (Å²) < 4.78 is 13.7. The van der Waals surface area contributed by atoms with E-state index in [0.717, 1.165) is 9.90 Å². The third kappa shape index (κ3) is 4.62. The minimum absolute atomic E-state index is 0.00585. The first kappa shape index (κ1) is 16.6. The maximum absolute atomic E-state index is 12.9. The van der Waals surface area contributed by atoms with Crippen LogP contribution in [0.25, 0.3) is 0 Å². The molecular weight excluding hydrogens is 345 g/mol. The van der Waals surface area contributed by atoms with Gasteiger partial charge in [0.05, 0.1) is 6.54 Å². The average molecular weight is 359 g/mol. The molecule has 0 saturated carbocycles. The number of nitrogens with one attached hydrogen (secondary N) is 1. The first-order valence-electron chi connectivity index (χ1n) is 7.23. The third-order valence-electron chi connectivity index (χ3n) is 3.18. The van der Waals surface area contributed by atoms with Gasteiger partial charge in [-0.3, -0.25) is 4.79 Å². The monoisotopic (exact) mass is 359 g/mol. The van der Waals surface area contributed by atoms with E-state index < -0.39 is 0 Å². The number of hydrogen-bond donors (Lipinski definition) is 1. The van der Waals surface area contributed by atoms with E-state index in [1.165, 1.54) is 35.2 Å². The summed E-state index contributed by atoms with van der Waals surface area (Å²) in [4.78, 5) is 12.0. The normalized spacial score (nSPS) is 10.5. The van der Waals surface area contributed by atoms with Crippen molar-refractivity contribution in [2.45, 2.75) is 10.1 Å². The Balaban J connectivity index is 1.50. The molecule has 24 heavy (non-hydrogen) atoms. The fourth-order valence-electron chi connectivity index (χ4n) is 1.95. The van der Waals surface area contributed by atoms with Gasteiger partial charge in [-0.05, 0) is 17.7 Å². The Morgan fingerprint density at radius 1 is 1.08 bits per heavy atom. The molecule has 0 saturated heterocycles. The lowest BCUT2D eigenvalue weighted by molar-refractivity contribution is 0.101. The highest BCUT2D eigenvalue weighted by molar-refractivity contribution is 8.00. The largest absolute Gasteiger partial charge is 0.353 e. The van der Waals surface area contributed by atoms with Gasteiger partial charge in [-0.2, -0.15) is 0 Å². The van der Waals surface area contributed by atoms with Crippen molar-refractivity contribution in [1.29, 1.82) is 0 Å². The van der Waals surface area contributed by atoms with Crippen molar-refractivity contribution in [2.24, 2.45) is 0 Å². The molecule has 0 bridgehead atoms. The average Bonchev–Trinajstić information content (AvgIpc) is 3.08. The van der Waals surface area contributed by atoms with Gasteiger partial charge in [0.15, 0.2) is 10.1 Å². The second kappa shape index (κ2) is 8.03. The number of benzene rings is 2. The molecular formula is C17H14FN3OS2. The van der Waals surface area contributed by atoms with Gasteiger partial charge < -0.3 is 5.32 Å². The molecule has 0 aliphatic carbocycles. The van der Waals surface area contributed by atoms with E-state index in [-0.39, 0.29) is 18.1 Å². The summed E-state index contributed by atoms with van der Waals surface area (Å²) in [5.74, 6) is 0.457. The second-order valence-corrected chi connectivity index (χ2v) is 7.13. The molecule has 0 aliphatic rings. The number of aromatic nitrogens is 2. The Bertz CT molecular complexity index is 806. The third-order valence-corrected chi connectivity index (χ3v) is 5.26. The molecule has 7 heteroatoms. The molecule has 1 heterocycles. The van der Waals surface area contributed by atoms with Crippen molar-refractivity contribution in [1.82, 2.24) is 10.2 Å². The highest BCUT2D eigenvalue weighted by Crippen LogP contribution is 2.28. The molecule has 122 valence electrons. The first-order valence-corrected chi connectivity index (χ1v) is 9.04. The topological polar surface area (TPSA) is 54.9 Å². The van der Waals surface area contributed by atoms with Crippen LogP contribution in [0.1, 0.15) is 15.9 Å². The van der Waals surface area contributed by atoms with Crippen LogP contribution in [-0.2, 0) is 5.75 Å². The van der Waals surface area contributed by atoms with Crippen LogP contribution in [0.3, 0.4) is 0 Å². The second-order valence-electron chi connectivity index (χ2n) is 4.93. The van der Waals surface area contributed by atoms with Crippen LogP contribution in [0.5, 0.6) is 0 Å². The Morgan fingerprint density at radius 2 is 1.83 bits per heavy atom. The van der Waals surface area contributed by atoms with Crippen LogP contribution >= 0.6 is 23.1 Å². The van der Waals surface area contributed by atoms with Crippen molar-refractivity contribution in [3.05, 3.63) is 71.5 Å². The van der Waals surface area contributed by atoms with Crippen LogP contribution in [0.15, 0.2) is 58.9 Å². The number of Topliss-reactive ketones (excluding diaryl/α,β-unsaturated/α-hetero) is 1. The number of nitrogens with zero attached hydrogens (tertiary/aromatic N) is 2. The zero-order valence-electron chi connectivity index (χ0n) is 12.6. The first-order chi connectivity index (χ1) is 11.7. The van der Waals surface area contributed by atoms with E-state index in [4.69, 9.17) is 0 Å². The molecule has 2 aromatic carbocycles. The molecule has 0 atom stereocenters. The maximum atomic E-state index is 12.9. The Hall–Kier alpha value is -2.25. The summed E-state index contributed by atoms with van der Waals surface area (Å²) in [6.07, 6.45) is 0. The minimum Gasteiger partial charge on any atom is -0.353 e. The fraction of sp³-hybridized carbons (Fsp3) is 0.118. The molecule has 1 N–H and O–H groups in total. The van der Waals surface area contributed by atoms with Crippen molar-refractivity contribution in [2.75, 3.05) is 11.9 Å². The number of rotatable bonds is 7. The van der Waals surface area contributed by atoms with Crippen LogP contribution in [0, 0.1) is 5.82 Å². The summed E-state index contributed by atoms with van der Waals surface area (Å²) in [6, 6.07) is 15.5. The van der Waals surface area contributed by atoms with Crippen molar-refractivity contribution in [3.8, 4) is 0 Å². The number of anilines is 1. The Morgan fingerprint density at radius 3 is 2.58 bits per heavy atom. The smallest absolute Gasteiger partial charge is 0.206 e. The molecule has 0 amide bonds.